The highest BCUT2D eigenvalue weighted by Gasteiger charge is 2.77. The van der Waals surface area contributed by atoms with Crippen molar-refractivity contribution in [3.8, 4) is 5.75 Å². The van der Waals surface area contributed by atoms with E-state index < -0.39 is 54.0 Å². The first-order valence-corrected chi connectivity index (χ1v) is 18.5. The number of aryl methyl sites for hydroxylation is 1. The Morgan fingerprint density at radius 2 is 1.75 bits per heavy atom. The molecule has 6 rings (SSSR count). The zero-order valence-corrected chi connectivity index (χ0v) is 31.1. The topological polar surface area (TPSA) is 99.6 Å². The molecule has 1 spiro atoms. The molecule has 3 fully saturated rings. The van der Waals surface area contributed by atoms with E-state index in [9.17, 15) is 9.90 Å². The van der Waals surface area contributed by atoms with Gasteiger partial charge in [0.2, 0.25) is 11.8 Å². The molecule has 0 aliphatic carbocycles. The summed E-state index contributed by atoms with van der Waals surface area (Å²) in [7, 11) is 0. The Morgan fingerprint density at radius 3 is 2.37 bits per heavy atom. The van der Waals surface area contributed by atoms with Crippen molar-refractivity contribution in [3.05, 3.63) is 114 Å². The quantitative estimate of drug-likeness (QED) is 0.156. The lowest BCUT2D eigenvalue weighted by molar-refractivity contribution is -0.144. The monoisotopic (exact) mass is 775 g/mol. The summed E-state index contributed by atoms with van der Waals surface area (Å²) in [6.45, 7) is 12.0. The maximum atomic E-state index is 15.2. The van der Waals surface area contributed by atoms with E-state index in [0.717, 1.165) is 11.1 Å². The molecule has 0 aromatic heterocycles. The van der Waals surface area contributed by atoms with Gasteiger partial charge in [-0.25, -0.2) is 0 Å². The third-order valence-corrected chi connectivity index (χ3v) is 11.4. The molecule has 3 aliphatic rings. The Bertz CT molecular complexity index is 1770. The summed E-state index contributed by atoms with van der Waals surface area (Å²) in [5.74, 6) is -2.37. The number of anilines is 2. The number of hydrogen-bond acceptors (Lipinski definition) is 6. The molecule has 3 saturated heterocycles. The van der Waals surface area contributed by atoms with Crippen molar-refractivity contribution in [1.29, 1.82) is 0 Å². The molecule has 2 bridgehead atoms. The normalized spacial score (nSPS) is 25.3. The van der Waals surface area contributed by atoms with Gasteiger partial charge in [-0.15, -0.1) is 13.2 Å². The van der Waals surface area contributed by atoms with Crippen molar-refractivity contribution in [3.63, 3.8) is 0 Å². The largest absolute Gasteiger partial charge is 0.494 e. The number of amides is 3. The minimum Gasteiger partial charge on any atom is -0.494 e. The number of rotatable bonds is 14. The van der Waals surface area contributed by atoms with Crippen LogP contribution in [0, 0.1) is 18.8 Å². The van der Waals surface area contributed by atoms with Gasteiger partial charge >= 0.3 is 0 Å². The third-order valence-electron chi connectivity index (χ3n) is 10.2. The molecule has 3 aliphatic heterocycles. The summed E-state index contributed by atoms with van der Waals surface area (Å²) in [5, 5.41) is 11.3. The Labute approximate surface area is 312 Å². The number of alkyl halides is 1. The van der Waals surface area contributed by atoms with Gasteiger partial charge in [0.25, 0.3) is 5.91 Å². The van der Waals surface area contributed by atoms with E-state index in [0.29, 0.717) is 35.2 Å². The average molecular weight is 777 g/mol. The van der Waals surface area contributed by atoms with Gasteiger partial charge in [0.05, 0.1) is 47.9 Å². The number of carbonyl (C=O) groups excluding carboxylic acids is 3. The van der Waals surface area contributed by atoms with E-state index >= 15 is 9.59 Å². The first-order valence-electron chi connectivity index (χ1n) is 17.2. The lowest BCUT2D eigenvalue weighted by atomic mass is 9.70. The highest BCUT2D eigenvalue weighted by atomic mass is 79.9. The zero-order chi connectivity index (χ0) is 36.4. The van der Waals surface area contributed by atoms with Crippen molar-refractivity contribution in [2.24, 2.45) is 11.8 Å². The number of ether oxygens (including phenoxy) is 2. The van der Waals surface area contributed by atoms with E-state index in [1.54, 1.807) is 52.3 Å². The lowest BCUT2D eigenvalue weighted by Crippen LogP contribution is -2.59. The molecule has 3 amide bonds. The van der Waals surface area contributed by atoms with Gasteiger partial charge < -0.3 is 29.3 Å². The molecule has 0 radical (unpaired) electrons. The minimum absolute atomic E-state index is 0.111. The van der Waals surface area contributed by atoms with E-state index in [4.69, 9.17) is 21.1 Å². The Balaban J connectivity index is 1.47. The number of para-hydroxylation sites is 1. The van der Waals surface area contributed by atoms with Crippen LogP contribution >= 0.6 is 27.5 Å². The number of nitrogens with zero attached hydrogens (tertiary/aromatic N) is 3. The fourth-order valence-electron chi connectivity index (χ4n) is 8.21. The van der Waals surface area contributed by atoms with Crippen LogP contribution in [0.4, 0.5) is 11.4 Å². The van der Waals surface area contributed by atoms with Gasteiger partial charge in [0, 0.05) is 23.6 Å². The number of hydrogen-bond donors (Lipinski definition) is 1. The number of benzene rings is 3. The second-order valence-corrected chi connectivity index (χ2v) is 14.8. The van der Waals surface area contributed by atoms with E-state index in [-0.39, 0.29) is 30.2 Å². The highest BCUT2D eigenvalue weighted by Crippen LogP contribution is 2.61. The number of carbonyl (C=O) groups is 3. The molecular weight excluding hydrogens is 734 g/mol. The molecule has 1 N–H and O–H groups in total. The molecule has 11 heteroatoms. The fourth-order valence-corrected chi connectivity index (χ4v) is 9.48. The molecule has 7 atom stereocenters. The van der Waals surface area contributed by atoms with Gasteiger partial charge in [-0.05, 0) is 68.1 Å². The molecule has 3 unspecified atom stereocenters. The summed E-state index contributed by atoms with van der Waals surface area (Å²) < 4.78 is 12.5. The number of aliphatic hydroxyl groups excluding tert-OH is 1. The summed E-state index contributed by atoms with van der Waals surface area (Å²) in [5.41, 5.74) is 1.40. The molecule has 3 heterocycles. The van der Waals surface area contributed by atoms with Crippen LogP contribution in [0.25, 0.3) is 0 Å². The molecule has 51 heavy (non-hydrogen) atoms. The van der Waals surface area contributed by atoms with Crippen molar-refractivity contribution in [2.45, 2.75) is 55.3 Å². The summed E-state index contributed by atoms with van der Waals surface area (Å²) in [6.07, 6.45) is 3.16. The van der Waals surface area contributed by atoms with Crippen LogP contribution in [0.2, 0.25) is 5.02 Å². The second kappa shape index (κ2) is 15.3. The Hall–Kier alpha value is -3.96. The van der Waals surface area contributed by atoms with E-state index in [1.807, 2.05) is 56.3 Å². The summed E-state index contributed by atoms with van der Waals surface area (Å²) in [6, 6.07) is 20.2. The van der Waals surface area contributed by atoms with Gasteiger partial charge in [0.15, 0.2) is 0 Å². The molecule has 3 aromatic carbocycles. The van der Waals surface area contributed by atoms with Crippen LogP contribution in [-0.2, 0) is 25.5 Å². The Kier molecular flexibility index (Phi) is 11.1. The van der Waals surface area contributed by atoms with E-state index in [1.165, 1.54) is 4.90 Å². The van der Waals surface area contributed by atoms with Crippen molar-refractivity contribution >= 4 is 56.6 Å². The summed E-state index contributed by atoms with van der Waals surface area (Å²) >= 11 is 10.5. The molecule has 268 valence electrons. The maximum Gasteiger partial charge on any atom is 0.253 e. The van der Waals surface area contributed by atoms with Crippen molar-refractivity contribution < 1.29 is 29.0 Å². The van der Waals surface area contributed by atoms with Gasteiger partial charge in [-0.2, -0.15) is 0 Å². The maximum absolute atomic E-state index is 15.2. The van der Waals surface area contributed by atoms with Crippen LogP contribution in [0.3, 0.4) is 0 Å². The van der Waals surface area contributed by atoms with Gasteiger partial charge in [0.1, 0.15) is 17.4 Å². The van der Waals surface area contributed by atoms with Crippen LogP contribution in [0.5, 0.6) is 5.75 Å². The number of halogens is 2. The second-order valence-electron chi connectivity index (χ2n) is 13.2. The van der Waals surface area contributed by atoms with Crippen molar-refractivity contribution in [2.75, 3.05) is 36.1 Å². The standard InChI is InChI=1S/C40H43BrClN3O6/c1-5-20-43(27-16-18-29(19-17-27)50-7-3)37(47)32-33-38(48)45(28(24-46)22-26-13-9-8-10-14-26)36(40(33)23-30(41)35(32)51-40)39(49)44(21-6-2)34-25(4)12-11-15-31(34)42/h5-6,8-19,28,30,32-33,35-36,46H,1-2,7,20-24H2,3-4H3/t28-,30?,32+,33+,35+,36?,40?/m1/s1. The number of fused-ring (bicyclic) bond motifs is 1. The summed E-state index contributed by atoms with van der Waals surface area (Å²) in [4.78, 5) is 49.5. The van der Waals surface area contributed by atoms with E-state index in [2.05, 4.69) is 29.1 Å². The van der Waals surface area contributed by atoms with Crippen molar-refractivity contribution in [1.82, 2.24) is 4.90 Å². The van der Waals surface area contributed by atoms with Crippen LogP contribution in [-0.4, -0.2) is 82.6 Å². The molecular formula is C40H43BrClN3O6. The minimum atomic E-state index is -1.37. The van der Waals surface area contributed by atoms with Crippen LogP contribution in [0.1, 0.15) is 24.5 Å². The number of likely N-dealkylation sites (tertiary alicyclic amines) is 1. The fraction of sp³-hybridized carbons (Fsp3) is 0.375. The lowest BCUT2D eigenvalue weighted by Gasteiger charge is -2.40. The molecule has 9 nitrogen and oxygen atoms in total. The predicted octanol–water partition coefficient (Wildman–Crippen LogP) is 6.14. The molecule has 3 aromatic rings. The Morgan fingerprint density at radius 1 is 1.06 bits per heavy atom. The van der Waals surface area contributed by atoms with Crippen LogP contribution < -0.4 is 14.5 Å². The number of aliphatic hydroxyl groups is 1. The SMILES string of the molecule is C=CCN(C(=O)[C@H]1[C@H]2C(=O)N([C@@H](CO)Cc3ccccc3)C(C(=O)N(CC=C)c3c(C)cccc3Cl)C23CC(Br)[C@@H]1O3)c1ccc(OCC)cc1. The predicted molar refractivity (Wildman–Crippen MR) is 202 cm³/mol. The average Bonchev–Trinajstić information content (AvgIpc) is 3.72. The zero-order valence-electron chi connectivity index (χ0n) is 28.8. The first-order chi connectivity index (χ1) is 24.6. The highest BCUT2D eigenvalue weighted by molar-refractivity contribution is 9.09. The smallest absolute Gasteiger partial charge is 0.253 e. The molecule has 0 saturated carbocycles. The van der Waals surface area contributed by atoms with Crippen LogP contribution in [0.15, 0.2) is 98.1 Å². The van der Waals surface area contributed by atoms with Gasteiger partial charge in [-0.3, -0.25) is 14.4 Å². The van der Waals surface area contributed by atoms with Gasteiger partial charge in [-0.1, -0.05) is 82.1 Å². The third kappa shape index (κ3) is 6.52. The first kappa shape index (κ1) is 36.8.